The molecule has 7 nitrogen and oxygen atoms in total. The number of rotatable bonds is 5. The normalized spacial score (nSPS) is 11.2. The van der Waals surface area contributed by atoms with E-state index < -0.39 is 0 Å². The van der Waals surface area contributed by atoms with E-state index in [0.717, 1.165) is 33.5 Å². The van der Waals surface area contributed by atoms with E-state index in [1.807, 2.05) is 32.4 Å². The molecule has 4 rings (SSSR count). The Morgan fingerprint density at radius 2 is 2.12 bits per heavy atom. The van der Waals surface area contributed by atoms with Crippen LogP contribution in [-0.2, 0) is 13.5 Å². The number of thiazole rings is 1. The van der Waals surface area contributed by atoms with Gasteiger partial charge in [-0.3, -0.25) is 14.3 Å². The van der Waals surface area contributed by atoms with Gasteiger partial charge in [-0.25, -0.2) is 4.52 Å². The van der Waals surface area contributed by atoms with Gasteiger partial charge in [-0.05, 0) is 18.1 Å². The number of anilines is 1. The fraction of sp³-hybridized carbons (Fsp3) is 0.176. The van der Waals surface area contributed by atoms with E-state index in [0.29, 0.717) is 15.4 Å². The first-order valence-corrected chi connectivity index (χ1v) is 9.57. The lowest BCUT2D eigenvalue weighted by Gasteiger charge is -2.03. The summed E-state index contributed by atoms with van der Waals surface area (Å²) in [6.07, 6.45) is 8.70. The number of thiophene rings is 1. The molecular formula is C17H15N5O2S2. The van der Waals surface area contributed by atoms with Crippen LogP contribution in [0.25, 0.3) is 15.3 Å². The lowest BCUT2D eigenvalue weighted by molar-refractivity contribution is 0.102. The number of fused-ring (bicyclic) bond motifs is 1. The van der Waals surface area contributed by atoms with Gasteiger partial charge >= 0.3 is 0 Å². The predicted molar refractivity (Wildman–Crippen MR) is 102 cm³/mol. The maximum atomic E-state index is 12.7. The zero-order valence-electron chi connectivity index (χ0n) is 14.1. The van der Waals surface area contributed by atoms with Crippen molar-refractivity contribution in [1.29, 1.82) is 0 Å². The Morgan fingerprint density at radius 1 is 1.27 bits per heavy atom. The molecule has 1 N–H and O–H groups in total. The van der Waals surface area contributed by atoms with Crippen molar-refractivity contribution in [3.8, 4) is 10.4 Å². The number of aldehydes is 1. The summed E-state index contributed by atoms with van der Waals surface area (Å²) in [4.78, 5) is 26.1. The quantitative estimate of drug-likeness (QED) is 0.533. The van der Waals surface area contributed by atoms with Crippen molar-refractivity contribution in [2.24, 2.45) is 7.05 Å². The molecule has 0 fully saturated rings. The highest BCUT2D eigenvalue weighted by Gasteiger charge is 2.19. The lowest BCUT2D eigenvalue weighted by atomic mass is 10.2. The molecule has 0 aliphatic rings. The number of carbonyl (C=O) groups is 2. The summed E-state index contributed by atoms with van der Waals surface area (Å²) in [6.45, 7) is 1.99. The van der Waals surface area contributed by atoms with Crippen molar-refractivity contribution in [2.75, 3.05) is 5.32 Å². The molecule has 0 bridgehead atoms. The minimum atomic E-state index is -0.228. The second kappa shape index (κ2) is 6.50. The van der Waals surface area contributed by atoms with Gasteiger partial charge in [-0.2, -0.15) is 10.2 Å². The summed E-state index contributed by atoms with van der Waals surface area (Å²) in [5.41, 5.74) is 2.45. The topological polar surface area (TPSA) is 81.3 Å². The van der Waals surface area contributed by atoms with Crippen LogP contribution >= 0.6 is 22.7 Å². The van der Waals surface area contributed by atoms with Crippen LogP contribution in [0, 0.1) is 0 Å². The molecule has 4 heterocycles. The van der Waals surface area contributed by atoms with Gasteiger partial charge in [0.25, 0.3) is 5.91 Å². The Kier molecular flexibility index (Phi) is 4.17. The van der Waals surface area contributed by atoms with Crippen molar-refractivity contribution < 1.29 is 9.59 Å². The third kappa shape index (κ3) is 2.85. The van der Waals surface area contributed by atoms with Gasteiger partial charge in [0.2, 0.25) is 0 Å². The maximum absolute atomic E-state index is 12.7. The van der Waals surface area contributed by atoms with Crippen LogP contribution in [0.3, 0.4) is 0 Å². The molecule has 0 spiro atoms. The van der Waals surface area contributed by atoms with Gasteiger partial charge < -0.3 is 5.32 Å². The number of hydrogen-bond donors (Lipinski definition) is 1. The summed E-state index contributed by atoms with van der Waals surface area (Å²) in [5, 5.41) is 12.1. The Labute approximate surface area is 156 Å². The number of amides is 1. The SMILES string of the molecule is CCc1cc(C=O)sc1NC(=O)c1cnn2cc(-c3cnn(C)c3)sc12. The molecule has 4 aromatic heterocycles. The Hall–Kier alpha value is -2.78. The molecule has 4 aromatic rings. The van der Waals surface area contributed by atoms with Crippen LogP contribution in [0.5, 0.6) is 0 Å². The molecular weight excluding hydrogens is 370 g/mol. The fourth-order valence-electron chi connectivity index (χ4n) is 2.67. The molecule has 0 aliphatic heterocycles. The van der Waals surface area contributed by atoms with Gasteiger partial charge in [-0.1, -0.05) is 6.92 Å². The summed E-state index contributed by atoms with van der Waals surface area (Å²) in [7, 11) is 1.86. The number of nitrogens with zero attached hydrogens (tertiary/aromatic N) is 4. The highest BCUT2D eigenvalue weighted by atomic mass is 32.1. The summed E-state index contributed by atoms with van der Waals surface area (Å²) in [6, 6.07) is 1.81. The first-order chi connectivity index (χ1) is 12.6. The fourth-order valence-corrected chi connectivity index (χ4v) is 4.67. The minimum absolute atomic E-state index is 0.228. The van der Waals surface area contributed by atoms with E-state index in [9.17, 15) is 9.59 Å². The molecule has 132 valence electrons. The Bertz CT molecular complexity index is 1120. The van der Waals surface area contributed by atoms with Gasteiger partial charge in [0.1, 0.15) is 4.83 Å². The predicted octanol–water partition coefficient (Wildman–Crippen LogP) is 3.49. The summed E-state index contributed by atoms with van der Waals surface area (Å²) < 4.78 is 3.44. The smallest absolute Gasteiger partial charge is 0.260 e. The van der Waals surface area contributed by atoms with Crippen LogP contribution < -0.4 is 5.32 Å². The number of aromatic nitrogens is 4. The zero-order valence-corrected chi connectivity index (χ0v) is 15.7. The van der Waals surface area contributed by atoms with Gasteiger partial charge in [0.15, 0.2) is 6.29 Å². The van der Waals surface area contributed by atoms with Crippen molar-refractivity contribution in [1.82, 2.24) is 19.4 Å². The molecule has 0 atom stereocenters. The molecule has 0 aliphatic carbocycles. The molecule has 0 aromatic carbocycles. The van der Waals surface area contributed by atoms with Gasteiger partial charge in [-0.15, -0.1) is 22.7 Å². The van der Waals surface area contributed by atoms with Gasteiger partial charge in [0, 0.05) is 25.0 Å². The van der Waals surface area contributed by atoms with E-state index in [1.165, 1.54) is 22.7 Å². The van der Waals surface area contributed by atoms with Crippen LogP contribution in [0.1, 0.15) is 32.5 Å². The van der Waals surface area contributed by atoms with Crippen molar-refractivity contribution in [2.45, 2.75) is 13.3 Å². The zero-order chi connectivity index (χ0) is 18.3. The average molecular weight is 385 g/mol. The molecule has 0 saturated carbocycles. The Morgan fingerprint density at radius 3 is 2.81 bits per heavy atom. The number of carbonyl (C=O) groups excluding carboxylic acids is 2. The van der Waals surface area contributed by atoms with E-state index in [2.05, 4.69) is 15.5 Å². The third-order valence-corrected chi connectivity index (χ3v) is 6.16. The number of nitrogens with one attached hydrogen (secondary N) is 1. The lowest BCUT2D eigenvalue weighted by Crippen LogP contribution is -2.11. The standard InChI is InChI=1S/C17H15N5O2S2/c1-3-10-4-12(9-23)25-16(10)20-15(24)13-6-19-22-8-14(26-17(13)22)11-5-18-21(2)7-11/h4-9H,3H2,1-2H3,(H,20,24). The Balaban J connectivity index is 1.66. The highest BCUT2D eigenvalue weighted by molar-refractivity contribution is 7.21. The second-order valence-corrected chi connectivity index (χ2v) is 7.85. The van der Waals surface area contributed by atoms with Gasteiger partial charge in [0.05, 0.1) is 32.7 Å². The van der Waals surface area contributed by atoms with Crippen molar-refractivity contribution in [3.05, 3.63) is 46.9 Å². The second-order valence-electron chi connectivity index (χ2n) is 5.73. The first-order valence-electron chi connectivity index (χ1n) is 7.94. The minimum Gasteiger partial charge on any atom is -0.313 e. The van der Waals surface area contributed by atoms with E-state index >= 15 is 0 Å². The first kappa shape index (κ1) is 16.7. The van der Waals surface area contributed by atoms with Crippen LogP contribution in [0.2, 0.25) is 0 Å². The monoisotopic (exact) mass is 385 g/mol. The van der Waals surface area contributed by atoms with Crippen LogP contribution in [-0.4, -0.2) is 31.6 Å². The number of hydrogen-bond acceptors (Lipinski definition) is 6. The maximum Gasteiger partial charge on any atom is 0.260 e. The van der Waals surface area contributed by atoms with E-state index in [-0.39, 0.29) is 5.91 Å². The largest absolute Gasteiger partial charge is 0.313 e. The van der Waals surface area contributed by atoms with E-state index in [4.69, 9.17) is 0 Å². The third-order valence-electron chi connectivity index (χ3n) is 3.98. The van der Waals surface area contributed by atoms with Crippen molar-refractivity contribution >= 4 is 44.7 Å². The van der Waals surface area contributed by atoms with Crippen LogP contribution in [0.4, 0.5) is 5.00 Å². The summed E-state index contributed by atoms with van der Waals surface area (Å²) >= 11 is 2.77. The molecule has 0 radical (unpaired) electrons. The number of aryl methyl sites for hydroxylation is 2. The molecule has 1 amide bonds. The highest BCUT2D eigenvalue weighted by Crippen LogP contribution is 2.32. The molecule has 0 saturated heterocycles. The van der Waals surface area contributed by atoms with E-state index in [1.54, 1.807) is 21.6 Å². The van der Waals surface area contributed by atoms with Crippen molar-refractivity contribution in [3.63, 3.8) is 0 Å². The summed E-state index contributed by atoms with van der Waals surface area (Å²) in [5.74, 6) is -0.228. The molecule has 26 heavy (non-hydrogen) atoms. The average Bonchev–Trinajstić information content (AvgIpc) is 3.36. The van der Waals surface area contributed by atoms with Crippen LogP contribution in [0.15, 0.2) is 30.9 Å². The molecule has 9 heteroatoms. The molecule has 0 unspecified atom stereocenters.